The van der Waals surface area contributed by atoms with Gasteiger partial charge in [-0.3, -0.25) is 9.59 Å². The van der Waals surface area contributed by atoms with Crippen molar-refractivity contribution in [1.82, 2.24) is 10.2 Å². The first kappa shape index (κ1) is 19.5. The van der Waals surface area contributed by atoms with Gasteiger partial charge >= 0.3 is 0 Å². The molecule has 1 N–H and O–H groups in total. The highest BCUT2D eigenvalue weighted by Crippen LogP contribution is 2.51. The highest BCUT2D eigenvalue weighted by molar-refractivity contribution is 6.02. The maximum atomic E-state index is 13.8. The van der Waals surface area contributed by atoms with Gasteiger partial charge in [0.1, 0.15) is 0 Å². The van der Waals surface area contributed by atoms with Gasteiger partial charge in [0, 0.05) is 18.2 Å². The molecule has 2 aliphatic carbocycles. The summed E-state index contributed by atoms with van der Waals surface area (Å²) in [6, 6.07) is 8.17. The van der Waals surface area contributed by atoms with Crippen molar-refractivity contribution in [2.45, 2.75) is 95.1 Å². The third-order valence-electron chi connectivity index (χ3n) is 7.21. The van der Waals surface area contributed by atoms with Crippen molar-refractivity contribution in [2.75, 3.05) is 6.54 Å². The van der Waals surface area contributed by atoms with Gasteiger partial charge in [-0.1, -0.05) is 63.6 Å². The predicted molar refractivity (Wildman–Crippen MR) is 111 cm³/mol. The zero-order valence-electron chi connectivity index (χ0n) is 17.2. The molecule has 1 atom stereocenters. The first-order valence-corrected chi connectivity index (χ1v) is 11.4. The number of nitrogens with one attached hydrogen (secondary N) is 1. The number of carbonyl (C=O) groups is 2. The predicted octanol–water partition coefficient (Wildman–Crippen LogP) is 4.79. The highest BCUT2D eigenvalue weighted by atomic mass is 16.2. The Kier molecular flexibility index (Phi) is 5.75. The molecule has 28 heavy (non-hydrogen) atoms. The number of fused-ring (bicyclic) bond motifs is 1. The van der Waals surface area contributed by atoms with E-state index in [0.29, 0.717) is 6.54 Å². The van der Waals surface area contributed by atoms with Crippen molar-refractivity contribution in [1.29, 1.82) is 0 Å². The topological polar surface area (TPSA) is 49.4 Å². The van der Waals surface area contributed by atoms with Crippen LogP contribution < -0.4 is 5.32 Å². The Morgan fingerprint density at radius 2 is 1.75 bits per heavy atom. The molecule has 4 nitrogen and oxygen atoms in total. The van der Waals surface area contributed by atoms with Crippen molar-refractivity contribution in [3.8, 4) is 0 Å². The Morgan fingerprint density at radius 3 is 2.46 bits per heavy atom. The third kappa shape index (κ3) is 3.25. The van der Waals surface area contributed by atoms with E-state index < -0.39 is 0 Å². The molecule has 1 heterocycles. The largest absolute Gasteiger partial charge is 0.356 e. The minimum absolute atomic E-state index is 0.115. The Labute approximate surface area is 169 Å². The van der Waals surface area contributed by atoms with E-state index in [0.717, 1.165) is 56.1 Å². The molecule has 1 unspecified atom stereocenters. The quantitative estimate of drug-likeness (QED) is 0.814. The van der Waals surface area contributed by atoms with Crippen LogP contribution >= 0.6 is 0 Å². The molecule has 1 aliphatic heterocycles. The van der Waals surface area contributed by atoms with E-state index >= 15 is 0 Å². The van der Waals surface area contributed by atoms with Crippen molar-refractivity contribution >= 4 is 11.8 Å². The monoisotopic (exact) mass is 382 g/mol. The first-order valence-electron chi connectivity index (χ1n) is 11.4. The van der Waals surface area contributed by atoms with Crippen LogP contribution in [-0.4, -0.2) is 34.8 Å². The summed E-state index contributed by atoms with van der Waals surface area (Å²) in [5.74, 6) is 0.0450. The maximum absolute atomic E-state index is 13.8. The second-order valence-electron chi connectivity index (χ2n) is 8.94. The van der Waals surface area contributed by atoms with E-state index in [9.17, 15) is 9.59 Å². The van der Waals surface area contributed by atoms with Crippen molar-refractivity contribution < 1.29 is 9.59 Å². The van der Waals surface area contributed by atoms with Crippen LogP contribution in [0.3, 0.4) is 0 Å². The normalized spacial score (nSPS) is 24.8. The second-order valence-corrected chi connectivity index (χ2v) is 8.94. The lowest BCUT2D eigenvalue weighted by Crippen LogP contribution is -2.65. The van der Waals surface area contributed by atoms with Crippen molar-refractivity contribution in [2.24, 2.45) is 0 Å². The van der Waals surface area contributed by atoms with Crippen LogP contribution in [0.25, 0.3) is 0 Å². The van der Waals surface area contributed by atoms with E-state index in [4.69, 9.17) is 0 Å². The van der Waals surface area contributed by atoms with Gasteiger partial charge in [0.25, 0.3) is 5.91 Å². The first-order chi connectivity index (χ1) is 13.7. The summed E-state index contributed by atoms with van der Waals surface area (Å²) in [6.45, 7) is 2.79. The van der Waals surface area contributed by atoms with Crippen molar-refractivity contribution in [3.05, 3.63) is 35.4 Å². The van der Waals surface area contributed by atoms with Gasteiger partial charge < -0.3 is 10.2 Å². The molecule has 0 aromatic heterocycles. The zero-order valence-corrected chi connectivity index (χ0v) is 17.2. The number of hydrogen-bond donors (Lipinski definition) is 1. The van der Waals surface area contributed by atoms with Gasteiger partial charge in [-0.05, 0) is 43.7 Å². The minimum Gasteiger partial charge on any atom is -0.356 e. The lowest BCUT2D eigenvalue weighted by molar-refractivity contribution is -0.128. The van der Waals surface area contributed by atoms with Crippen LogP contribution in [0.5, 0.6) is 0 Å². The van der Waals surface area contributed by atoms with Crippen LogP contribution in [0, 0.1) is 0 Å². The van der Waals surface area contributed by atoms with E-state index in [2.05, 4.69) is 17.1 Å². The van der Waals surface area contributed by atoms with Crippen molar-refractivity contribution in [3.63, 3.8) is 0 Å². The molecular weight excluding hydrogens is 348 g/mol. The molecular formula is C24H34N2O2. The third-order valence-corrected chi connectivity index (χ3v) is 7.21. The Balaban J connectivity index is 1.83. The van der Waals surface area contributed by atoms with E-state index in [1.54, 1.807) is 0 Å². The number of benzene rings is 1. The zero-order chi connectivity index (χ0) is 19.6. The highest BCUT2D eigenvalue weighted by Gasteiger charge is 2.56. The summed E-state index contributed by atoms with van der Waals surface area (Å²) in [6.07, 6.45) is 12.1. The molecule has 1 aromatic rings. The molecule has 4 rings (SSSR count). The van der Waals surface area contributed by atoms with Gasteiger partial charge in [0.2, 0.25) is 5.91 Å². The molecule has 152 valence electrons. The summed E-state index contributed by atoms with van der Waals surface area (Å²) in [4.78, 5) is 29.5. The Bertz CT molecular complexity index is 717. The summed E-state index contributed by atoms with van der Waals surface area (Å²) in [5, 5.41) is 3.18. The number of amides is 2. The van der Waals surface area contributed by atoms with Crippen LogP contribution in [-0.2, 0) is 4.79 Å². The van der Waals surface area contributed by atoms with Gasteiger partial charge in [0.15, 0.2) is 0 Å². The molecule has 1 aromatic carbocycles. The lowest BCUT2D eigenvalue weighted by Gasteiger charge is -2.57. The number of nitrogens with zero attached hydrogens (tertiary/aromatic N) is 1. The fourth-order valence-electron chi connectivity index (χ4n) is 6.00. The van der Waals surface area contributed by atoms with E-state index in [1.165, 1.54) is 25.7 Å². The van der Waals surface area contributed by atoms with Gasteiger partial charge in [-0.25, -0.2) is 0 Å². The van der Waals surface area contributed by atoms with Gasteiger partial charge in [-0.15, -0.1) is 0 Å². The molecule has 2 saturated carbocycles. The minimum atomic E-state index is -0.344. The van der Waals surface area contributed by atoms with Crippen LogP contribution in [0.2, 0.25) is 0 Å². The molecule has 4 heteroatoms. The van der Waals surface area contributed by atoms with Gasteiger partial charge in [0.05, 0.1) is 11.5 Å². The SMILES string of the molecule is CCCNC(=O)C1c2ccccc2C(=O)N(C2CCCCC2)C12CCCCC2. The number of rotatable bonds is 4. The maximum Gasteiger partial charge on any atom is 0.254 e. The summed E-state index contributed by atoms with van der Waals surface area (Å²) >= 11 is 0. The molecule has 0 bridgehead atoms. The molecule has 2 fully saturated rings. The van der Waals surface area contributed by atoms with E-state index in [-0.39, 0.29) is 29.3 Å². The second kappa shape index (κ2) is 8.26. The average Bonchev–Trinajstić information content (AvgIpc) is 2.74. The molecule has 2 amide bonds. The Hall–Kier alpha value is -1.84. The Morgan fingerprint density at radius 1 is 1.07 bits per heavy atom. The summed E-state index contributed by atoms with van der Waals surface area (Å²) in [5.41, 5.74) is 1.36. The number of carbonyl (C=O) groups excluding carboxylic acids is 2. The fraction of sp³-hybridized carbons (Fsp3) is 0.667. The summed E-state index contributed by atoms with van der Waals surface area (Å²) < 4.78 is 0. The molecule has 0 radical (unpaired) electrons. The number of hydrogen-bond acceptors (Lipinski definition) is 2. The molecule has 1 spiro atoms. The molecule has 3 aliphatic rings. The molecule has 0 saturated heterocycles. The van der Waals surface area contributed by atoms with Crippen LogP contribution in [0.1, 0.15) is 99.4 Å². The van der Waals surface area contributed by atoms with Crippen LogP contribution in [0.4, 0.5) is 0 Å². The van der Waals surface area contributed by atoms with Gasteiger partial charge in [-0.2, -0.15) is 0 Å². The fourth-order valence-corrected chi connectivity index (χ4v) is 6.00. The summed E-state index contributed by atoms with van der Waals surface area (Å²) in [7, 11) is 0. The standard InChI is InChI=1S/C24H34N2O2/c1-2-17-25-22(27)21-19-13-7-8-14-20(19)23(28)26(18-11-5-3-6-12-18)24(21)15-9-4-10-16-24/h7-8,13-14,18,21H,2-6,9-12,15-17H2,1H3,(H,25,27). The smallest absolute Gasteiger partial charge is 0.254 e. The average molecular weight is 383 g/mol. The van der Waals surface area contributed by atoms with Crippen LogP contribution in [0.15, 0.2) is 24.3 Å². The lowest BCUT2D eigenvalue weighted by atomic mass is 9.64. The van der Waals surface area contributed by atoms with E-state index in [1.807, 2.05) is 24.3 Å².